The lowest BCUT2D eigenvalue weighted by Gasteiger charge is -2.17. The molecular formula is C23H29NO8. The number of ether oxygens (including phenoxy) is 2. The third kappa shape index (κ3) is 8.16. The summed E-state index contributed by atoms with van der Waals surface area (Å²) in [7, 11) is 0. The lowest BCUT2D eigenvalue weighted by Crippen LogP contribution is -2.20. The molecule has 9 heteroatoms. The SMILES string of the molecule is CC(=O)ONCCCOc1ccc(O)c2c1/C=C/C[C@H](O)CC(=O)/C=C\C[C@H](C)OC2=O. The molecule has 0 spiro atoms. The molecule has 0 saturated heterocycles. The van der Waals surface area contributed by atoms with Crippen LogP contribution in [-0.2, 0) is 19.2 Å². The van der Waals surface area contributed by atoms with Gasteiger partial charge in [-0.1, -0.05) is 18.2 Å². The molecular weight excluding hydrogens is 418 g/mol. The topological polar surface area (TPSA) is 131 Å². The lowest BCUT2D eigenvalue weighted by molar-refractivity contribution is -0.148. The number of aliphatic hydroxyl groups excluding tert-OH is 1. The second-order valence-electron chi connectivity index (χ2n) is 7.38. The van der Waals surface area contributed by atoms with Crippen LogP contribution in [0.3, 0.4) is 0 Å². The van der Waals surface area contributed by atoms with Crippen molar-refractivity contribution in [2.75, 3.05) is 13.2 Å². The van der Waals surface area contributed by atoms with Crippen molar-refractivity contribution in [3.8, 4) is 11.5 Å². The normalized spacial score (nSPS) is 21.6. The highest BCUT2D eigenvalue weighted by Gasteiger charge is 2.22. The predicted molar refractivity (Wildman–Crippen MR) is 116 cm³/mol. The molecule has 1 aromatic rings. The van der Waals surface area contributed by atoms with Gasteiger partial charge in [0.15, 0.2) is 5.78 Å². The molecule has 0 aliphatic carbocycles. The zero-order valence-electron chi connectivity index (χ0n) is 18.2. The number of esters is 1. The minimum Gasteiger partial charge on any atom is -0.507 e. The quantitative estimate of drug-likeness (QED) is 0.342. The molecule has 0 bridgehead atoms. The first-order chi connectivity index (χ1) is 15.3. The Hall–Kier alpha value is -3.17. The Kier molecular flexibility index (Phi) is 9.90. The maximum atomic E-state index is 12.8. The summed E-state index contributed by atoms with van der Waals surface area (Å²) >= 11 is 0. The average molecular weight is 447 g/mol. The van der Waals surface area contributed by atoms with Gasteiger partial charge in [0.25, 0.3) is 0 Å². The van der Waals surface area contributed by atoms with E-state index in [2.05, 4.69) is 10.3 Å². The van der Waals surface area contributed by atoms with E-state index in [1.807, 2.05) is 0 Å². The van der Waals surface area contributed by atoms with Crippen molar-refractivity contribution in [1.82, 2.24) is 5.48 Å². The summed E-state index contributed by atoms with van der Waals surface area (Å²) in [6, 6.07) is 2.88. The van der Waals surface area contributed by atoms with Crippen LogP contribution in [0, 0.1) is 0 Å². The van der Waals surface area contributed by atoms with Crippen molar-refractivity contribution >= 4 is 23.8 Å². The molecule has 2 rings (SSSR count). The van der Waals surface area contributed by atoms with Crippen LogP contribution in [0.25, 0.3) is 6.08 Å². The highest BCUT2D eigenvalue weighted by molar-refractivity contribution is 5.98. The van der Waals surface area contributed by atoms with E-state index in [-0.39, 0.29) is 36.5 Å². The Bertz CT molecular complexity index is 877. The summed E-state index contributed by atoms with van der Waals surface area (Å²) in [6.45, 7) is 3.57. The Morgan fingerprint density at radius 2 is 1.97 bits per heavy atom. The van der Waals surface area contributed by atoms with Crippen LogP contribution < -0.4 is 10.2 Å². The summed E-state index contributed by atoms with van der Waals surface area (Å²) in [5.41, 5.74) is 2.76. The molecule has 1 aliphatic rings. The van der Waals surface area contributed by atoms with E-state index in [0.29, 0.717) is 30.7 Å². The van der Waals surface area contributed by atoms with Crippen LogP contribution in [0.5, 0.6) is 11.5 Å². The fourth-order valence-corrected chi connectivity index (χ4v) is 2.98. The molecule has 0 saturated carbocycles. The first-order valence-corrected chi connectivity index (χ1v) is 10.4. The summed E-state index contributed by atoms with van der Waals surface area (Å²) in [4.78, 5) is 40.1. The Balaban J connectivity index is 2.25. The van der Waals surface area contributed by atoms with Gasteiger partial charge in [0, 0.05) is 31.9 Å². The fourth-order valence-electron chi connectivity index (χ4n) is 2.98. The lowest BCUT2D eigenvalue weighted by atomic mass is 10.0. The van der Waals surface area contributed by atoms with Gasteiger partial charge < -0.3 is 24.5 Å². The summed E-state index contributed by atoms with van der Waals surface area (Å²) in [6.07, 6.45) is 5.68. The molecule has 0 amide bonds. The minimum atomic E-state index is -0.881. The molecule has 32 heavy (non-hydrogen) atoms. The van der Waals surface area contributed by atoms with Crippen molar-refractivity contribution in [2.24, 2.45) is 0 Å². The van der Waals surface area contributed by atoms with Crippen LogP contribution in [0.15, 0.2) is 30.4 Å². The minimum absolute atomic E-state index is 0.0272. The highest BCUT2D eigenvalue weighted by Crippen LogP contribution is 2.32. The molecule has 174 valence electrons. The number of phenols is 1. The van der Waals surface area contributed by atoms with Gasteiger partial charge in [-0.05, 0) is 38.0 Å². The average Bonchev–Trinajstić information content (AvgIpc) is 2.70. The van der Waals surface area contributed by atoms with Crippen molar-refractivity contribution in [1.29, 1.82) is 0 Å². The maximum Gasteiger partial charge on any atom is 0.342 e. The van der Waals surface area contributed by atoms with Gasteiger partial charge in [-0.2, -0.15) is 5.48 Å². The smallest absolute Gasteiger partial charge is 0.342 e. The standard InChI is InChI=1S/C23H29NO8/c1-15-6-3-7-17(26)14-18(27)8-4-9-19-21(30-13-5-12-24-32-16(2)25)11-10-20(28)22(19)23(29)31-15/h3-4,7,9-11,15,18,24,27-28H,5-6,8,12-14H2,1-2H3/b7-3-,9-4+/t15-,18-/m0/s1. The van der Waals surface area contributed by atoms with Crippen LogP contribution in [-0.4, -0.2) is 53.3 Å². The van der Waals surface area contributed by atoms with Gasteiger partial charge in [-0.25, -0.2) is 4.79 Å². The number of hydroxylamine groups is 1. The molecule has 3 N–H and O–H groups in total. The van der Waals surface area contributed by atoms with Gasteiger partial charge in [0.1, 0.15) is 23.2 Å². The van der Waals surface area contributed by atoms with E-state index >= 15 is 0 Å². The number of carbonyl (C=O) groups excluding carboxylic acids is 3. The molecule has 9 nitrogen and oxygen atoms in total. The largest absolute Gasteiger partial charge is 0.507 e. The number of benzene rings is 1. The number of hydrogen-bond donors (Lipinski definition) is 3. The van der Waals surface area contributed by atoms with Crippen molar-refractivity contribution in [3.05, 3.63) is 41.5 Å². The number of fused-ring (bicyclic) bond motifs is 1. The molecule has 1 aliphatic heterocycles. The van der Waals surface area contributed by atoms with Gasteiger partial charge in [-0.15, -0.1) is 0 Å². The third-order valence-corrected chi connectivity index (χ3v) is 4.49. The van der Waals surface area contributed by atoms with Crippen LogP contribution in [0.2, 0.25) is 0 Å². The van der Waals surface area contributed by atoms with Crippen molar-refractivity contribution in [3.63, 3.8) is 0 Å². The summed E-state index contributed by atoms with van der Waals surface area (Å²) < 4.78 is 11.2. The molecule has 2 atom stereocenters. The number of phenolic OH excluding ortho intramolecular Hbond substituents is 1. The predicted octanol–water partition coefficient (Wildman–Crippen LogP) is 2.46. The maximum absolute atomic E-state index is 12.8. The first kappa shape index (κ1) is 25.1. The number of hydrogen-bond acceptors (Lipinski definition) is 9. The Morgan fingerprint density at radius 1 is 1.22 bits per heavy atom. The second kappa shape index (κ2) is 12.6. The number of aromatic hydroxyl groups is 1. The fraction of sp³-hybridized carbons (Fsp3) is 0.435. The molecule has 1 heterocycles. The van der Waals surface area contributed by atoms with Crippen LogP contribution in [0.1, 0.15) is 55.5 Å². The molecule has 1 aromatic carbocycles. The van der Waals surface area contributed by atoms with E-state index in [0.717, 1.165) is 0 Å². The summed E-state index contributed by atoms with van der Waals surface area (Å²) in [5, 5.41) is 20.5. The third-order valence-electron chi connectivity index (χ3n) is 4.49. The van der Waals surface area contributed by atoms with E-state index in [1.165, 1.54) is 25.1 Å². The molecule has 0 radical (unpaired) electrons. The first-order valence-electron chi connectivity index (χ1n) is 10.4. The van der Waals surface area contributed by atoms with E-state index in [9.17, 15) is 24.6 Å². The van der Waals surface area contributed by atoms with E-state index in [1.54, 1.807) is 25.2 Å². The number of carbonyl (C=O) groups is 3. The highest BCUT2D eigenvalue weighted by atomic mass is 16.7. The summed E-state index contributed by atoms with van der Waals surface area (Å²) in [5.74, 6) is -1.32. The van der Waals surface area contributed by atoms with E-state index < -0.39 is 24.1 Å². The number of allylic oxidation sites excluding steroid dienone is 1. The zero-order valence-corrected chi connectivity index (χ0v) is 18.2. The molecule has 0 aromatic heterocycles. The number of nitrogens with one attached hydrogen (secondary N) is 1. The Morgan fingerprint density at radius 3 is 2.72 bits per heavy atom. The van der Waals surface area contributed by atoms with Gasteiger partial charge in [0.2, 0.25) is 0 Å². The van der Waals surface area contributed by atoms with Crippen LogP contribution >= 0.6 is 0 Å². The number of ketones is 1. The van der Waals surface area contributed by atoms with Gasteiger partial charge >= 0.3 is 11.9 Å². The number of cyclic esters (lactones) is 1. The van der Waals surface area contributed by atoms with Gasteiger partial charge in [0.05, 0.1) is 12.7 Å². The van der Waals surface area contributed by atoms with Crippen molar-refractivity contribution in [2.45, 2.75) is 51.7 Å². The number of aliphatic hydroxyl groups is 1. The van der Waals surface area contributed by atoms with Gasteiger partial charge in [-0.3, -0.25) is 9.59 Å². The van der Waals surface area contributed by atoms with E-state index in [4.69, 9.17) is 9.47 Å². The molecule has 0 unspecified atom stereocenters. The van der Waals surface area contributed by atoms with Crippen LogP contribution in [0.4, 0.5) is 0 Å². The monoisotopic (exact) mass is 447 g/mol. The second-order valence-corrected chi connectivity index (χ2v) is 7.38. The van der Waals surface area contributed by atoms with Crippen molar-refractivity contribution < 1.29 is 38.9 Å². The Labute approximate surface area is 186 Å². The zero-order chi connectivity index (χ0) is 23.5. The molecule has 0 fully saturated rings. The number of rotatable bonds is 6.